The van der Waals surface area contributed by atoms with Crippen molar-refractivity contribution < 1.29 is 28.6 Å². The average Bonchev–Trinajstić information content (AvgIpc) is 3.37. The minimum absolute atomic E-state index is 0.105. The van der Waals surface area contributed by atoms with Crippen LogP contribution in [0, 0.1) is 0 Å². The molecule has 0 aromatic heterocycles. The van der Waals surface area contributed by atoms with Gasteiger partial charge in [0.25, 0.3) is 0 Å². The molecule has 0 saturated heterocycles. The molecule has 0 amide bonds. The fourth-order valence-electron chi connectivity index (χ4n) is 7.56. The highest BCUT2D eigenvalue weighted by atomic mass is 16.6. The second-order valence-electron chi connectivity index (χ2n) is 18.8. The Hall–Kier alpha value is -4.19. The molecule has 0 rings (SSSR count). The van der Waals surface area contributed by atoms with Crippen molar-refractivity contribution in [2.24, 2.45) is 0 Å². The van der Waals surface area contributed by atoms with Crippen molar-refractivity contribution in [3.63, 3.8) is 0 Å². The highest BCUT2D eigenvalue weighted by Gasteiger charge is 2.19. The number of esters is 3. The van der Waals surface area contributed by atoms with Crippen LogP contribution in [-0.2, 0) is 28.6 Å². The third-order valence-corrected chi connectivity index (χ3v) is 11.9. The Morgan fingerprint density at radius 3 is 0.873 bits per heavy atom. The normalized spacial score (nSPS) is 13.0. The van der Waals surface area contributed by atoms with E-state index in [1.165, 1.54) is 77.0 Å². The largest absolute Gasteiger partial charge is 0.462 e. The molecule has 402 valence electrons. The predicted molar refractivity (Wildman–Crippen MR) is 306 cm³/mol. The van der Waals surface area contributed by atoms with Gasteiger partial charge in [0, 0.05) is 19.3 Å². The van der Waals surface area contributed by atoms with Gasteiger partial charge in [0.2, 0.25) is 0 Å². The van der Waals surface area contributed by atoms with Gasteiger partial charge in [-0.2, -0.15) is 0 Å². The molecule has 0 unspecified atom stereocenters. The molecule has 0 N–H and O–H groups in total. The van der Waals surface area contributed by atoms with E-state index in [1.54, 1.807) is 0 Å². The molecule has 71 heavy (non-hydrogen) atoms. The van der Waals surface area contributed by atoms with Crippen molar-refractivity contribution in [3.8, 4) is 0 Å². The van der Waals surface area contributed by atoms with Crippen LogP contribution in [0.1, 0.15) is 252 Å². The van der Waals surface area contributed by atoms with E-state index in [2.05, 4.69) is 142 Å². The first-order chi connectivity index (χ1) is 35.0. The quantitative estimate of drug-likeness (QED) is 0.0261. The fourth-order valence-corrected chi connectivity index (χ4v) is 7.56. The zero-order chi connectivity index (χ0) is 51.4. The average molecular weight is 984 g/mol. The van der Waals surface area contributed by atoms with Crippen molar-refractivity contribution in [2.75, 3.05) is 13.2 Å². The Morgan fingerprint density at radius 1 is 0.296 bits per heavy atom. The van der Waals surface area contributed by atoms with Crippen LogP contribution in [-0.4, -0.2) is 37.2 Å². The Labute approximate surface area is 437 Å². The maximum Gasteiger partial charge on any atom is 0.306 e. The van der Waals surface area contributed by atoms with Gasteiger partial charge in [-0.25, -0.2) is 0 Å². The van der Waals surface area contributed by atoms with Crippen LogP contribution in [0.3, 0.4) is 0 Å². The van der Waals surface area contributed by atoms with Crippen molar-refractivity contribution in [2.45, 2.75) is 258 Å². The number of unbranched alkanes of at least 4 members (excludes halogenated alkanes) is 20. The zero-order valence-electron chi connectivity index (χ0n) is 45.9. The Bertz CT molecular complexity index is 1500. The number of ether oxygens (including phenoxy) is 3. The van der Waals surface area contributed by atoms with Crippen LogP contribution < -0.4 is 0 Å². The monoisotopic (exact) mass is 983 g/mol. The first-order valence-corrected chi connectivity index (χ1v) is 29.0. The number of allylic oxidation sites excluding steroid dienone is 20. The molecule has 0 fully saturated rings. The fraction of sp³-hybridized carbons (Fsp3) is 0.646. The van der Waals surface area contributed by atoms with Crippen molar-refractivity contribution in [1.29, 1.82) is 0 Å². The van der Waals surface area contributed by atoms with Gasteiger partial charge in [0.05, 0.1) is 0 Å². The number of carbonyl (C=O) groups excluding carboxylic acids is 3. The van der Waals surface area contributed by atoms with E-state index in [4.69, 9.17) is 14.2 Å². The standard InChI is InChI=1S/C65H106O6/c1-4-7-10-13-16-19-22-25-28-31-32-35-37-40-43-46-49-52-55-58-64(67)70-61-62(71-65(68)59-56-53-50-47-44-41-38-34-30-27-24-21-18-15-12-9-6-3)60-69-63(66)57-54-51-48-45-42-39-36-33-29-26-23-20-17-14-11-8-5-2/h7,10,16-21,25-30,32,35,38,40-41,43,62H,4-6,8-9,11-15,22-24,31,33-34,36-37,39,42,44-61H2,1-3H3/b10-7-,19-16-,20-17-,21-18-,28-25-,29-26-,30-27-,35-32-,41-38-,43-40-/t62-/m1/s1. The first-order valence-electron chi connectivity index (χ1n) is 29.0. The minimum atomic E-state index is -0.811. The highest BCUT2D eigenvalue weighted by molar-refractivity contribution is 5.71. The van der Waals surface area contributed by atoms with Crippen LogP contribution >= 0.6 is 0 Å². The molecule has 0 aliphatic carbocycles. The molecule has 0 spiro atoms. The molecule has 1 atom stereocenters. The lowest BCUT2D eigenvalue weighted by atomic mass is 10.1. The molecular formula is C65H106O6. The van der Waals surface area contributed by atoms with Crippen molar-refractivity contribution >= 4 is 17.9 Å². The second-order valence-corrected chi connectivity index (χ2v) is 18.8. The van der Waals surface area contributed by atoms with Gasteiger partial charge >= 0.3 is 17.9 Å². The Balaban J connectivity index is 4.52. The smallest absolute Gasteiger partial charge is 0.306 e. The minimum Gasteiger partial charge on any atom is -0.462 e. The van der Waals surface area contributed by atoms with Crippen LogP contribution in [0.15, 0.2) is 122 Å². The highest BCUT2D eigenvalue weighted by Crippen LogP contribution is 2.13. The molecule has 6 nitrogen and oxygen atoms in total. The summed E-state index contributed by atoms with van der Waals surface area (Å²) in [5.74, 6) is -0.969. The van der Waals surface area contributed by atoms with Crippen LogP contribution in [0.25, 0.3) is 0 Å². The summed E-state index contributed by atoms with van der Waals surface area (Å²) in [4.78, 5) is 38.2. The molecule has 0 aliphatic rings. The molecule has 0 aromatic carbocycles. The lowest BCUT2D eigenvalue weighted by Crippen LogP contribution is -2.30. The van der Waals surface area contributed by atoms with E-state index in [0.717, 1.165) is 135 Å². The molecule has 0 bridgehead atoms. The van der Waals surface area contributed by atoms with Crippen molar-refractivity contribution in [3.05, 3.63) is 122 Å². The van der Waals surface area contributed by atoms with Crippen molar-refractivity contribution in [1.82, 2.24) is 0 Å². The maximum absolute atomic E-state index is 12.9. The predicted octanol–water partition coefficient (Wildman–Crippen LogP) is 19.6. The Morgan fingerprint density at radius 2 is 0.549 bits per heavy atom. The van der Waals surface area contributed by atoms with Gasteiger partial charge < -0.3 is 14.2 Å². The third-order valence-electron chi connectivity index (χ3n) is 11.9. The molecular weight excluding hydrogens is 877 g/mol. The molecule has 0 aromatic rings. The number of carbonyl (C=O) groups is 3. The molecule has 0 saturated carbocycles. The first kappa shape index (κ1) is 66.8. The molecule has 0 radical (unpaired) electrons. The lowest BCUT2D eigenvalue weighted by molar-refractivity contribution is -0.167. The summed E-state index contributed by atoms with van der Waals surface area (Å²) in [6.45, 7) is 6.42. The SMILES string of the molecule is CC/C=C\C/C=C\C/C=C\C/C=C\C/C=C\CCCCCC(=O)OC[C@@H](COC(=O)CCCCCCCCC/C=C\C/C=C\CCCCC)OC(=O)CCCCCC/C=C\C/C=C\C/C=C\CCCCC. The van der Waals surface area contributed by atoms with E-state index in [0.29, 0.717) is 12.8 Å². The summed E-state index contributed by atoms with van der Waals surface area (Å²) in [6.07, 6.45) is 80.4. The van der Waals surface area contributed by atoms with E-state index < -0.39 is 6.10 Å². The maximum atomic E-state index is 12.9. The van der Waals surface area contributed by atoms with Gasteiger partial charge in [-0.15, -0.1) is 0 Å². The van der Waals surface area contributed by atoms with E-state index >= 15 is 0 Å². The lowest BCUT2D eigenvalue weighted by Gasteiger charge is -2.18. The summed E-state index contributed by atoms with van der Waals surface area (Å²) in [5.41, 5.74) is 0. The number of hydrogen-bond acceptors (Lipinski definition) is 6. The van der Waals surface area contributed by atoms with E-state index in [9.17, 15) is 14.4 Å². The number of hydrogen-bond donors (Lipinski definition) is 0. The summed E-state index contributed by atoms with van der Waals surface area (Å²) in [6, 6.07) is 0. The summed E-state index contributed by atoms with van der Waals surface area (Å²) in [5, 5.41) is 0. The topological polar surface area (TPSA) is 78.9 Å². The Kier molecular flexibility index (Phi) is 54.9. The summed E-state index contributed by atoms with van der Waals surface area (Å²) in [7, 11) is 0. The van der Waals surface area contributed by atoms with Gasteiger partial charge in [-0.3, -0.25) is 14.4 Å². The molecule has 0 heterocycles. The van der Waals surface area contributed by atoms with Gasteiger partial charge in [0.15, 0.2) is 6.10 Å². The summed E-state index contributed by atoms with van der Waals surface area (Å²) < 4.78 is 16.8. The molecule has 0 aliphatic heterocycles. The third kappa shape index (κ3) is 56.6. The van der Waals surface area contributed by atoms with Gasteiger partial charge in [-0.05, 0) is 135 Å². The number of rotatable bonds is 51. The summed E-state index contributed by atoms with van der Waals surface area (Å²) >= 11 is 0. The van der Waals surface area contributed by atoms with E-state index in [-0.39, 0.29) is 37.5 Å². The zero-order valence-corrected chi connectivity index (χ0v) is 45.9. The van der Waals surface area contributed by atoms with Crippen LogP contribution in [0.5, 0.6) is 0 Å². The van der Waals surface area contributed by atoms with Crippen LogP contribution in [0.4, 0.5) is 0 Å². The van der Waals surface area contributed by atoms with E-state index in [1.807, 2.05) is 0 Å². The van der Waals surface area contributed by atoms with Gasteiger partial charge in [0.1, 0.15) is 13.2 Å². The van der Waals surface area contributed by atoms with Crippen LogP contribution in [0.2, 0.25) is 0 Å². The molecule has 6 heteroatoms. The van der Waals surface area contributed by atoms with Gasteiger partial charge in [-0.1, -0.05) is 219 Å². The second kappa shape index (κ2) is 58.4.